The standard InChI is InChI=1S/C18H15F2N5O/c1-11-23-24-17(26-11)10-25-16-7-13(8-21-15(16)9-22-25)12-4-3-5-14(6-12)18(2,19)20/h3-9H,10H2,1-2H3. The van der Waals surface area contributed by atoms with E-state index >= 15 is 0 Å². The molecule has 0 radical (unpaired) electrons. The van der Waals surface area contributed by atoms with Crippen LogP contribution in [0.1, 0.15) is 24.3 Å². The van der Waals surface area contributed by atoms with E-state index in [1.54, 1.807) is 36.1 Å². The van der Waals surface area contributed by atoms with Crippen molar-refractivity contribution in [2.45, 2.75) is 26.3 Å². The van der Waals surface area contributed by atoms with E-state index in [1.807, 2.05) is 6.07 Å². The number of aryl methyl sites for hydroxylation is 1. The monoisotopic (exact) mass is 355 g/mol. The summed E-state index contributed by atoms with van der Waals surface area (Å²) in [5, 5.41) is 12.1. The first-order chi connectivity index (χ1) is 12.4. The lowest BCUT2D eigenvalue weighted by molar-refractivity contribution is 0.0175. The van der Waals surface area contributed by atoms with E-state index in [2.05, 4.69) is 20.3 Å². The third-order valence-corrected chi connectivity index (χ3v) is 4.05. The number of pyridine rings is 1. The van der Waals surface area contributed by atoms with Crippen molar-refractivity contribution in [3.05, 3.63) is 60.1 Å². The molecule has 4 aromatic rings. The molecule has 0 saturated heterocycles. The average molecular weight is 355 g/mol. The number of hydrogen-bond acceptors (Lipinski definition) is 5. The molecule has 0 unspecified atom stereocenters. The van der Waals surface area contributed by atoms with E-state index in [-0.39, 0.29) is 5.56 Å². The molecule has 26 heavy (non-hydrogen) atoms. The molecule has 0 N–H and O–H groups in total. The molecule has 8 heteroatoms. The van der Waals surface area contributed by atoms with Gasteiger partial charge in [0.05, 0.1) is 11.7 Å². The van der Waals surface area contributed by atoms with E-state index in [1.165, 1.54) is 12.1 Å². The van der Waals surface area contributed by atoms with Crippen molar-refractivity contribution < 1.29 is 13.2 Å². The van der Waals surface area contributed by atoms with Gasteiger partial charge in [0.25, 0.3) is 5.92 Å². The number of benzene rings is 1. The number of nitrogens with zero attached hydrogens (tertiary/aromatic N) is 5. The molecule has 3 aromatic heterocycles. The van der Waals surface area contributed by atoms with Crippen LogP contribution >= 0.6 is 0 Å². The van der Waals surface area contributed by atoms with Crippen molar-refractivity contribution in [2.75, 3.05) is 0 Å². The fourth-order valence-electron chi connectivity index (χ4n) is 2.74. The van der Waals surface area contributed by atoms with Gasteiger partial charge in [-0.1, -0.05) is 18.2 Å². The van der Waals surface area contributed by atoms with Crippen molar-refractivity contribution in [3.8, 4) is 11.1 Å². The Bertz CT molecular complexity index is 1080. The second-order valence-electron chi connectivity index (χ2n) is 6.11. The Morgan fingerprint density at radius 2 is 1.96 bits per heavy atom. The van der Waals surface area contributed by atoms with Gasteiger partial charge in [0.1, 0.15) is 12.1 Å². The summed E-state index contributed by atoms with van der Waals surface area (Å²) in [4.78, 5) is 4.38. The van der Waals surface area contributed by atoms with Gasteiger partial charge in [0, 0.05) is 31.2 Å². The van der Waals surface area contributed by atoms with Gasteiger partial charge < -0.3 is 4.42 Å². The zero-order valence-corrected chi connectivity index (χ0v) is 14.1. The smallest absolute Gasteiger partial charge is 0.270 e. The van der Waals surface area contributed by atoms with Gasteiger partial charge >= 0.3 is 0 Å². The Hall–Kier alpha value is -3.16. The van der Waals surface area contributed by atoms with Crippen molar-refractivity contribution in [1.29, 1.82) is 0 Å². The maximum Gasteiger partial charge on any atom is 0.270 e. The number of aromatic nitrogens is 5. The van der Waals surface area contributed by atoms with Crippen molar-refractivity contribution in [2.24, 2.45) is 0 Å². The highest BCUT2D eigenvalue weighted by Gasteiger charge is 2.24. The van der Waals surface area contributed by atoms with Crippen LogP contribution in [0.3, 0.4) is 0 Å². The Kier molecular flexibility index (Phi) is 3.75. The highest BCUT2D eigenvalue weighted by molar-refractivity contribution is 5.80. The lowest BCUT2D eigenvalue weighted by atomic mass is 10.0. The fraction of sp³-hybridized carbons (Fsp3) is 0.222. The van der Waals surface area contributed by atoms with Gasteiger partial charge in [0.15, 0.2) is 0 Å². The summed E-state index contributed by atoms with van der Waals surface area (Å²) in [6, 6.07) is 8.15. The number of rotatable bonds is 4. The molecule has 0 spiro atoms. The molecule has 0 fully saturated rings. The first kappa shape index (κ1) is 16.3. The average Bonchev–Trinajstić information content (AvgIpc) is 3.20. The Balaban J connectivity index is 1.74. The van der Waals surface area contributed by atoms with Crippen molar-refractivity contribution >= 4 is 11.0 Å². The molecular formula is C18H15F2N5O. The Morgan fingerprint density at radius 1 is 1.12 bits per heavy atom. The molecule has 0 aliphatic heterocycles. The number of fused-ring (bicyclic) bond motifs is 1. The third kappa shape index (κ3) is 3.05. The zero-order valence-electron chi connectivity index (χ0n) is 14.1. The highest BCUT2D eigenvalue weighted by Crippen LogP contribution is 2.31. The Morgan fingerprint density at radius 3 is 2.69 bits per heavy atom. The Labute approximate surface area is 147 Å². The van der Waals surface area contributed by atoms with E-state index < -0.39 is 5.92 Å². The maximum atomic E-state index is 13.6. The van der Waals surface area contributed by atoms with Gasteiger partial charge in [-0.05, 0) is 17.7 Å². The quantitative estimate of drug-likeness (QED) is 0.554. The summed E-state index contributed by atoms with van der Waals surface area (Å²) in [7, 11) is 0. The molecule has 4 rings (SSSR count). The van der Waals surface area contributed by atoms with Crippen LogP contribution < -0.4 is 0 Å². The van der Waals surface area contributed by atoms with Crippen LogP contribution in [0.4, 0.5) is 8.78 Å². The normalized spacial score (nSPS) is 12.0. The summed E-state index contributed by atoms with van der Waals surface area (Å²) in [5.74, 6) is -1.98. The number of hydrogen-bond donors (Lipinski definition) is 0. The van der Waals surface area contributed by atoms with E-state index in [9.17, 15) is 8.78 Å². The molecular weight excluding hydrogens is 340 g/mol. The predicted molar refractivity (Wildman–Crippen MR) is 90.7 cm³/mol. The largest absolute Gasteiger partial charge is 0.424 e. The van der Waals surface area contributed by atoms with Crippen LogP contribution in [-0.4, -0.2) is 25.0 Å². The molecule has 0 amide bonds. The molecule has 3 heterocycles. The first-order valence-electron chi connectivity index (χ1n) is 7.99. The molecule has 0 atom stereocenters. The summed E-state index contributed by atoms with van der Waals surface area (Å²) in [6.07, 6.45) is 3.29. The molecule has 6 nitrogen and oxygen atoms in total. The summed E-state index contributed by atoms with van der Waals surface area (Å²) < 4.78 is 34.3. The van der Waals surface area contributed by atoms with Crippen molar-refractivity contribution in [3.63, 3.8) is 0 Å². The SMILES string of the molecule is Cc1nnc(Cn2ncc3ncc(-c4cccc(C(C)(F)F)c4)cc32)o1. The molecule has 132 valence electrons. The molecule has 0 bridgehead atoms. The fourth-order valence-corrected chi connectivity index (χ4v) is 2.74. The van der Waals surface area contributed by atoms with Gasteiger partial charge in [0.2, 0.25) is 11.8 Å². The molecule has 0 saturated carbocycles. The van der Waals surface area contributed by atoms with E-state index in [0.29, 0.717) is 29.4 Å². The lowest BCUT2D eigenvalue weighted by Gasteiger charge is -2.12. The second kappa shape index (κ2) is 5.98. The van der Waals surface area contributed by atoms with Crippen LogP contribution in [0.25, 0.3) is 22.2 Å². The molecule has 0 aliphatic rings. The number of alkyl halides is 2. The van der Waals surface area contributed by atoms with Crippen LogP contribution in [0.2, 0.25) is 0 Å². The van der Waals surface area contributed by atoms with Crippen LogP contribution in [0.15, 0.2) is 47.1 Å². The van der Waals surface area contributed by atoms with Crippen molar-refractivity contribution in [1.82, 2.24) is 25.0 Å². The minimum atomic E-state index is -2.90. The maximum absolute atomic E-state index is 13.6. The second-order valence-corrected chi connectivity index (χ2v) is 6.11. The third-order valence-electron chi connectivity index (χ3n) is 4.05. The van der Waals surface area contributed by atoms with Gasteiger partial charge in [-0.3, -0.25) is 9.67 Å². The minimum absolute atomic E-state index is 0.0371. The molecule has 1 aromatic carbocycles. The van der Waals surface area contributed by atoms with Gasteiger partial charge in [-0.25, -0.2) is 8.78 Å². The predicted octanol–water partition coefficient (Wildman–Crippen LogP) is 3.95. The highest BCUT2D eigenvalue weighted by atomic mass is 19.3. The van der Waals surface area contributed by atoms with E-state index in [0.717, 1.165) is 18.0 Å². The van der Waals surface area contributed by atoms with Gasteiger partial charge in [-0.15, -0.1) is 10.2 Å². The number of halogens is 2. The van der Waals surface area contributed by atoms with Crippen LogP contribution in [-0.2, 0) is 12.5 Å². The molecule has 0 aliphatic carbocycles. The summed E-state index contributed by atoms with van der Waals surface area (Å²) >= 11 is 0. The van der Waals surface area contributed by atoms with E-state index in [4.69, 9.17) is 4.42 Å². The topological polar surface area (TPSA) is 69.6 Å². The van der Waals surface area contributed by atoms with Crippen LogP contribution in [0, 0.1) is 6.92 Å². The summed E-state index contributed by atoms with van der Waals surface area (Å²) in [6.45, 7) is 2.91. The summed E-state index contributed by atoms with van der Waals surface area (Å²) in [5.41, 5.74) is 2.81. The minimum Gasteiger partial charge on any atom is -0.424 e. The van der Waals surface area contributed by atoms with Crippen LogP contribution in [0.5, 0.6) is 0 Å². The zero-order chi connectivity index (χ0) is 18.3. The lowest BCUT2D eigenvalue weighted by Crippen LogP contribution is -2.06. The van der Waals surface area contributed by atoms with Gasteiger partial charge in [-0.2, -0.15) is 5.10 Å². The first-order valence-corrected chi connectivity index (χ1v) is 7.99.